The number of nitro benzene ring substituents is 1. The maximum Gasteiger partial charge on any atom is 0.270 e. The molecule has 1 aliphatic rings. The summed E-state index contributed by atoms with van der Waals surface area (Å²) < 4.78 is 11.7. The van der Waals surface area contributed by atoms with Crippen LogP contribution in [0.2, 0.25) is 0 Å². The summed E-state index contributed by atoms with van der Waals surface area (Å²) in [5, 5.41) is 13.9. The average molecular weight is 400 g/mol. The van der Waals surface area contributed by atoms with Gasteiger partial charge in [0.1, 0.15) is 6.10 Å². The Morgan fingerprint density at radius 3 is 2.82 bits per heavy atom. The fraction of sp³-hybridized carbons (Fsp3) is 0.278. The third-order valence-electron chi connectivity index (χ3n) is 4.26. The number of nitro groups is 1. The summed E-state index contributed by atoms with van der Waals surface area (Å²) in [7, 11) is 0. The van der Waals surface area contributed by atoms with Gasteiger partial charge in [-0.25, -0.2) is 9.97 Å². The van der Waals surface area contributed by atoms with Crippen molar-refractivity contribution in [1.29, 1.82) is 0 Å². The molecule has 0 atom stereocenters. The van der Waals surface area contributed by atoms with Crippen molar-refractivity contribution in [3.63, 3.8) is 0 Å². The number of amides is 1. The van der Waals surface area contributed by atoms with Crippen LogP contribution in [0.5, 0.6) is 5.88 Å². The zero-order valence-electron chi connectivity index (χ0n) is 14.7. The average Bonchev–Trinajstić information content (AvgIpc) is 3.10. The first kappa shape index (κ1) is 18.3. The predicted molar refractivity (Wildman–Crippen MR) is 103 cm³/mol. The zero-order chi connectivity index (χ0) is 19.5. The van der Waals surface area contributed by atoms with E-state index in [0.717, 1.165) is 12.8 Å². The molecule has 1 amide bonds. The molecule has 0 aliphatic carbocycles. The summed E-state index contributed by atoms with van der Waals surface area (Å²) in [5.41, 5.74) is 0.937. The first-order valence-electron chi connectivity index (χ1n) is 8.65. The Morgan fingerprint density at radius 1 is 1.29 bits per heavy atom. The summed E-state index contributed by atoms with van der Waals surface area (Å²) in [4.78, 5) is 31.3. The molecule has 1 aromatic carbocycles. The number of hydrogen-bond acceptors (Lipinski definition) is 8. The molecule has 0 radical (unpaired) electrons. The largest absolute Gasteiger partial charge is 0.474 e. The number of pyridine rings is 1. The maximum absolute atomic E-state index is 12.4. The molecule has 0 unspecified atom stereocenters. The normalized spacial score (nSPS) is 14.7. The Hall–Kier alpha value is -3.11. The fourth-order valence-corrected chi connectivity index (χ4v) is 3.69. The summed E-state index contributed by atoms with van der Waals surface area (Å²) >= 11 is 1.17. The van der Waals surface area contributed by atoms with Crippen LogP contribution in [-0.2, 0) is 4.74 Å². The van der Waals surface area contributed by atoms with E-state index >= 15 is 0 Å². The lowest BCUT2D eigenvalue weighted by Crippen LogP contribution is -2.26. The van der Waals surface area contributed by atoms with E-state index in [2.05, 4.69) is 15.3 Å². The van der Waals surface area contributed by atoms with E-state index in [-0.39, 0.29) is 17.7 Å². The van der Waals surface area contributed by atoms with E-state index in [0.29, 0.717) is 40.0 Å². The van der Waals surface area contributed by atoms with Crippen LogP contribution in [0.15, 0.2) is 36.5 Å². The minimum absolute atomic E-state index is 0.0154. The van der Waals surface area contributed by atoms with Gasteiger partial charge in [-0.1, -0.05) is 11.3 Å². The second kappa shape index (κ2) is 7.87. The first-order valence-corrected chi connectivity index (χ1v) is 9.47. The van der Waals surface area contributed by atoms with Gasteiger partial charge >= 0.3 is 0 Å². The summed E-state index contributed by atoms with van der Waals surface area (Å²) in [6.07, 6.45) is 3.16. The quantitative estimate of drug-likeness (QED) is 0.515. The van der Waals surface area contributed by atoms with Crippen molar-refractivity contribution in [3.8, 4) is 5.88 Å². The summed E-state index contributed by atoms with van der Waals surface area (Å²) in [6, 6.07) is 7.67. The Kier molecular flexibility index (Phi) is 5.13. The molecule has 1 aliphatic heterocycles. The third kappa shape index (κ3) is 4.07. The summed E-state index contributed by atoms with van der Waals surface area (Å²) in [6.45, 7) is 1.35. The van der Waals surface area contributed by atoms with Gasteiger partial charge in [-0.15, -0.1) is 0 Å². The number of nitrogens with zero attached hydrogens (tertiary/aromatic N) is 3. The predicted octanol–water partition coefficient (Wildman–Crippen LogP) is 3.41. The highest BCUT2D eigenvalue weighted by Crippen LogP contribution is 2.29. The highest BCUT2D eigenvalue weighted by atomic mass is 32.1. The van der Waals surface area contributed by atoms with Gasteiger partial charge in [0, 0.05) is 37.2 Å². The Balaban J connectivity index is 1.43. The smallest absolute Gasteiger partial charge is 0.270 e. The molecule has 3 aromatic rings. The van der Waals surface area contributed by atoms with Gasteiger partial charge in [0.25, 0.3) is 11.6 Å². The van der Waals surface area contributed by atoms with Gasteiger partial charge in [-0.05, 0) is 12.1 Å². The van der Waals surface area contributed by atoms with E-state index in [9.17, 15) is 14.9 Å². The van der Waals surface area contributed by atoms with E-state index < -0.39 is 4.92 Å². The highest BCUT2D eigenvalue weighted by Gasteiger charge is 2.17. The molecule has 9 nitrogen and oxygen atoms in total. The van der Waals surface area contributed by atoms with Crippen LogP contribution in [0.4, 0.5) is 10.8 Å². The molecule has 0 spiro atoms. The highest BCUT2D eigenvalue weighted by molar-refractivity contribution is 7.22. The molecule has 2 aromatic heterocycles. The third-order valence-corrected chi connectivity index (χ3v) is 5.19. The van der Waals surface area contributed by atoms with Gasteiger partial charge in [0.15, 0.2) is 5.13 Å². The second-order valence-corrected chi connectivity index (χ2v) is 7.23. The number of benzene rings is 1. The number of anilines is 1. The van der Waals surface area contributed by atoms with E-state index in [1.54, 1.807) is 18.2 Å². The van der Waals surface area contributed by atoms with Gasteiger partial charge in [-0.3, -0.25) is 20.2 Å². The van der Waals surface area contributed by atoms with Crippen molar-refractivity contribution in [2.45, 2.75) is 18.9 Å². The lowest BCUT2D eigenvalue weighted by Gasteiger charge is -2.22. The number of carbonyl (C=O) groups is 1. The fourth-order valence-electron chi connectivity index (χ4n) is 2.80. The van der Waals surface area contributed by atoms with Gasteiger partial charge in [0.05, 0.1) is 33.9 Å². The molecule has 28 heavy (non-hydrogen) atoms. The second-order valence-electron chi connectivity index (χ2n) is 6.20. The zero-order valence-corrected chi connectivity index (χ0v) is 15.5. The molecule has 0 saturated carbocycles. The van der Waals surface area contributed by atoms with Crippen molar-refractivity contribution in [3.05, 3.63) is 52.2 Å². The first-order chi connectivity index (χ1) is 13.6. The molecular weight excluding hydrogens is 384 g/mol. The Labute approximate surface area is 163 Å². The number of ether oxygens (including phenoxy) is 2. The van der Waals surface area contributed by atoms with Crippen LogP contribution in [0.3, 0.4) is 0 Å². The number of non-ortho nitro benzene ring substituents is 1. The van der Waals surface area contributed by atoms with Gasteiger partial charge in [-0.2, -0.15) is 0 Å². The van der Waals surface area contributed by atoms with E-state index in [1.807, 2.05) is 0 Å². The van der Waals surface area contributed by atoms with Crippen molar-refractivity contribution in [1.82, 2.24) is 9.97 Å². The van der Waals surface area contributed by atoms with Crippen LogP contribution in [-0.4, -0.2) is 40.1 Å². The SMILES string of the molecule is O=C(Nc1nc2ccc([N+](=O)[O-])cc2s1)c1ccc(OC2CCOCC2)nc1. The van der Waals surface area contributed by atoms with Crippen LogP contribution >= 0.6 is 11.3 Å². The lowest BCUT2D eigenvalue weighted by atomic mass is 10.1. The molecule has 144 valence electrons. The lowest BCUT2D eigenvalue weighted by molar-refractivity contribution is -0.384. The number of carbonyl (C=O) groups excluding carboxylic acids is 1. The number of thiazole rings is 1. The number of nitrogens with one attached hydrogen (secondary N) is 1. The molecule has 3 heterocycles. The van der Waals surface area contributed by atoms with Crippen molar-refractivity contribution in [2.24, 2.45) is 0 Å². The summed E-state index contributed by atoms with van der Waals surface area (Å²) in [5.74, 6) is 0.106. The van der Waals surface area contributed by atoms with Crippen LogP contribution in [0.25, 0.3) is 10.2 Å². The van der Waals surface area contributed by atoms with Crippen molar-refractivity contribution >= 4 is 38.3 Å². The van der Waals surface area contributed by atoms with Gasteiger partial charge < -0.3 is 9.47 Å². The monoisotopic (exact) mass is 400 g/mol. The number of fused-ring (bicyclic) bond motifs is 1. The van der Waals surface area contributed by atoms with Crippen molar-refractivity contribution < 1.29 is 19.2 Å². The molecular formula is C18H16N4O5S. The van der Waals surface area contributed by atoms with Crippen molar-refractivity contribution in [2.75, 3.05) is 18.5 Å². The molecule has 4 rings (SSSR count). The maximum atomic E-state index is 12.4. The van der Waals surface area contributed by atoms with E-state index in [4.69, 9.17) is 9.47 Å². The molecule has 0 bridgehead atoms. The topological polar surface area (TPSA) is 116 Å². The number of hydrogen-bond donors (Lipinski definition) is 1. The number of rotatable bonds is 5. The van der Waals surface area contributed by atoms with Crippen LogP contribution < -0.4 is 10.1 Å². The molecule has 1 fully saturated rings. The minimum Gasteiger partial charge on any atom is -0.474 e. The van der Waals surface area contributed by atoms with Gasteiger partial charge in [0.2, 0.25) is 5.88 Å². The van der Waals surface area contributed by atoms with Crippen LogP contribution in [0, 0.1) is 10.1 Å². The molecule has 1 N–H and O–H groups in total. The Morgan fingerprint density at radius 2 is 2.11 bits per heavy atom. The Bertz CT molecular complexity index is 1010. The standard InChI is InChI=1S/C18H16N4O5S/c23-17(11-1-4-16(19-10-11)27-13-5-7-26-8-6-13)21-18-20-14-3-2-12(22(24)25)9-15(14)28-18/h1-4,9-10,13H,5-8H2,(H,20,21,23). The molecule has 10 heteroatoms. The number of aromatic nitrogens is 2. The molecule has 1 saturated heterocycles. The van der Waals surface area contributed by atoms with Crippen LogP contribution in [0.1, 0.15) is 23.2 Å². The minimum atomic E-state index is -0.465. The van der Waals surface area contributed by atoms with E-state index in [1.165, 1.54) is 29.7 Å².